The van der Waals surface area contributed by atoms with Crippen LogP contribution >= 0.6 is 0 Å². The van der Waals surface area contributed by atoms with E-state index in [1.165, 1.54) is 0 Å². The van der Waals surface area contributed by atoms with E-state index in [9.17, 15) is 0 Å². The Hall–Kier alpha value is -2.53. The van der Waals surface area contributed by atoms with Gasteiger partial charge >= 0.3 is 0 Å². The fourth-order valence-corrected chi connectivity index (χ4v) is 2.45. The third kappa shape index (κ3) is 4.02. The number of azide groups is 1. The molecule has 0 aromatic heterocycles. The summed E-state index contributed by atoms with van der Waals surface area (Å²) in [5, 5.41) is 3.92. The molecule has 1 aliphatic rings. The Morgan fingerprint density at radius 1 is 1.09 bits per heavy atom. The number of benzene rings is 2. The molecule has 0 N–H and O–H groups in total. The van der Waals surface area contributed by atoms with Crippen LogP contribution < -0.4 is 4.74 Å². The first kappa shape index (κ1) is 15.4. The molecule has 23 heavy (non-hydrogen) atoms. The quantitative estimate of drug-likeness (QED) is 0.462. The number of rotatable bonds is 6. The molecule has 3 rings (SSSR count). The van der Waals surface area contributed by atoms with Gasteiger partial charge in [-0.25, -0.2) is 0 Å². The second kappa shape index (κ2) is 7.65. The summed E-state index contributed by atoms with van der Waals surface area (Å²) in [4.78, 5) is 2.97. The van der Waals surface area contributed by atoms with Gasteiger partial charge in [0.2, 0.25) is 0 Å². The molecule has 6 heteroatoms. The maximum atomic E-state index is 8.87. The molecule has 0 aliphatic carbocycles. The molecule has 0 bridgehead atoms. The van der Waals surface area contributed by atoms with Crippen molar-refractivity contribution in [3.8, 4) is 5.75 Å². The van der Waals surface area contributed by atoms with Crippen molar-refractivity contribution >= 4 is 0 Å². The molecule has 2 aromatic carbocycles. The summed E-state index contributed by atoms with van der Waals surface area (Å²) in [6, 6.07) is 16.8. The Labute approximate surface area is 134 Å². The Bertz CT molecular complexity index is 680. The smallest absolute Gasteiger partial charge is 0.191 e. The van der Waals surface area contributed by atoms with Gasteiger partial charge in [0.25, 0.3) is 0 Å². The zero-order valence-electron chi connectivity index (χ0n) is 12.5. The van der Waals surface area contributed by atoms with Crippen LogP contribution in [0.2, 0.25) is 0 Å². The van der Waals surface area contributed by atoms with Crippen LogP contribution in [0.5, 0.6) is 5.75 Å². The number of nitrogens with zero attached hydrogens (tertiary/aromatic N) is 3. The van der Waals surface area contributed by atoms with E-state index < -0.39 is 0 Å². The minimum absolute atomic E-state index is 0.319. The molecule has 1 fully saturated rings. The van der Waals surface area contributed by atoms with E-state index in [1.54, 1.807) is 0 Å². The lowest BCUT2D eigenvalue weighted by molar-refractivity contribution is -0.0684. The van der Waals surface area contributed by atoms with Crippen LogP contribution in [-0.4, -0.2) is 26.1 Å². The Balaban J connectivity index is 1.77. The molecule has 1 atom stereocenters. The van der Waals surface area contributed by atoms with Gasteiger partial charge in [-0.3, -0.25) is 0 Å². The van der Waals surface area contributed by atoms with Crippen LogP contribution in [0.25, 0.3) is 10.4 Å². The summed E-state index contributed by atoms with van der Waals surface area (Å²) < 4.78 is 16.4. The normalized spacial score (nSPS) is 15.8. The third-order valence-electron chi connectivity index (χ3n) is 3.53. The number of ether oxygens (including phenoxy) is 3. The van der Waals surface area contributed by atoms with Gasteiger partial charge in [0, 0.05) is 4.91 Å². The lowest BCUT2D eigenvalue weighted by Gasteiger charge is -2.15. The van der Waals surface area contributed by atoms with Gasteiger partial charge in [-0.1, -0.05) is 47.6 Å². The second-order valence-corrected chi connectivity index (χ2v) is 5.07. The summed E-state index contributed by atoms with van der Waals surface area (Å²) in [7, 11) is 0. The van der Waals surface area contributed by atoms with Crippen LogP contribution in [0.3, 0.4) is 0 Å². The zero-order valence-corrected chi connectivity index (χ0v) is 12.5. The van der Waals surface area contributed by atoms with E-state index in [1.807, 2.05) is 54.6 Å². The standard InChI is InChI=1S/C17H17N3O3/c18-20-19-17(13-5-2-1-3-6-13)14-7-4-8-15(11-14)23-12-16-21-9-10-22-16/h1-8,11,16-17H,9-10,12H2. The molecule has 1 saturated heterocycles. The molecule has 6 nitrogen and oxygen atoms in total. The van der Waals surface area contributed by atoms with Crippen LogP contribution in [0.15, 0.2) is 59.7 Å². The molecule has 0 radical (unpaired) electrons. The highest BCUT2D eigenvalue weighted by molar-refractivity contribution is 5.36. The molecule has 0 spiro atoms. The molecular weight excluding hydrogens is 294 g/mol. The van der Waals surface area contributed by atoms with Crippen LogP contribution in [0.4, 0.5) is 0 Å². The molecule has 0 amide bonds. The minimum Gasteiger partial charge on any atom is -0.488 e. The second-order valence-electron chi connectivity index (χ2n) is 5.07. The first-order valence-corrected chi connectivity index (χ1v) is 7.42. The predicted octanol–water partition coefficient (Wildman–Crippen LogP) is 3.84. The third-order valence-corrected chi connectivity index (χ3v) is 3.53. The molecule has 1 aliphatic heterocycles. The van der Waals surface area contributed by atoms with E-state index >= 15 is 0 Å². The molecular formula is C17H17N3O3. The highest BCUT2D eigenvalue weighted by Crippen LogP contribution is 2.28. The van der Waals surface area contributed by atoms with E-state index in [4.69, 9.17) is 19.7 Å². The van der Waals surface area contributed by atoms with E-state index in [2.05, 4.69) is 10.0 Å². The van der Waals surface area contributed by atoms with E-state index in [0.717, 1.165) is 11.1 Å². The lowest BCUT2D eigenvalue weighted by atomic mass is 9.99. The molecule has 118 valence electrons. The van der Waals surface area contributed by atoms with Crippen molar-refractivity contribution in [2.24, 2.45) is 5.11 Å². The maximum absolute atomic E-state index is 8.87. The zero-order chi connectivity index (χ0) is 15.9. The summed E-state index contributed by atoms with van der Waals surface area (Å²) >= 11 is 0. The monoisotopic (exact) mass is 311 g/mol. The van der Waals surface area contributed by atoms with Crippen LogP contribution in [0.1, 0.15) is 17.2 Å². The summed E-state index contributed by atoms with van der Waals surface area (Å²) in [6.07, 6.45) is -0.319. The number of hydrogen-bond donors (Lipinski definition) is 0. The largest absolute Gasteiger partial charge is 0.488 e. The van der Waals surface area contributed by atoms with Gasteiger partial charge in [-0.05, 0) is 28.8 Å². The molecule has 0 saturated carbocycles. The van der Waals surface area contributed by atoms with Crippen molar-refractivity contribution in [2.45, 2.75) is 12.3 Å². The topological polar surface area (TPSA) is 76.5 Å². The van der Waals surface area contributed by atoms with Crippen molar-refractivity contribution in [1.82, 2.24) is 0 Å². The van der Waals surface area contributed by atoms with Crippen molar-refractivity contribution in [3.63, 3.8) is 0 Å². The summed E-state index contributed by atoms with van der Waals surface area (Å²) in [6.45, 7) is 1.53. The molecule has 1 heterocycles. The van der Waals surface area contributed by atoms with Crippen molar-refractivity contribution in [3.05, 3.63) is 76.2 Å². The van der Waals surface area contributed by atoms with Gasteiger partial charge in [0.15, 0.2) is 6.29 Å². The summed E-state index contributed by atoms with van der Waals surface area (Å²) in [5.74, 6) is 0.690. The van der Waals surface area contributed by atoms with Crippen molar-refractivity contribution < 1.29 is 14.2 Å². The average molecular weight is 311 g/mol. The average Bonchev–Trinajstić information content (AvgIpc) is 3.12. The van der Waals surface area contributed by atoms with Gasteiger partial charge in [-0.2, -0.15) is 0 Å². The van der Waals surface area contributed by atoms with Gasteiger partial charge in [0.1, 0.15) is 12.4 Å². The van der Waals surface area contributed by atoms with Crippen molar-refractivity contribution in [2.75, 3.05) is 19.8 Å². The maximum Gasteiger partial charge on any atom is 0.191 e. The fourth-order valence-electron chi connectivity index (χ4n) is 2.45. The Kier molecular flexibility index (Phi) is 5.11. The first-order chi connectivity index (χ1) is 11.4. The van der Waals surface area contributed by atoms with Crippen LogP contribution in [0, 0.1) is 0 Å². The van der Waals surface area contributed by atoms with Crippen molar-refractivity contribution in [1.29, 1.82) is 0 Å². The summed E-state index contributed by atoms with van der Waals surface area (Å²) in [5.41, 5.74) is 10.7. The Morgan fingerprint density at radius 3 is 2.57 bits per heavy atom. The van der Waals surface area contributed by atoms with Gasteiger partial charge < -0.3 is 14.2 Å². The minimum atomic E-state index is -0.385. The predicted molar refractivity (Wildman–Crippen MR) is 85.1 cm³/mol. The lowest BCUT2D eigenvalue weighted by Crippen LogP contribution is -2.18. The highest BCUT2D eigenvalue weighted by Gasteiger charge is 2.17. The Morgan fingerprint density at radius 2 is 1.83 bits per heavy atom. The molecule has 1 unspecified atom stereocenters. The van der Waals surface area contributed by atoms with Gasteiger partial charge in [0.05, 0.1) is 19.3 Å². The number of hydrogen-bond acceptors (Lipinski definition) is 4. The first-order valence-electron chi connectivity index (χ1n) is 7.42. The van der Waals surface area contributed by atoms with E-state index in [-0.39, 0.29) is 12.3 Å². The SMILES string of the molecule is [N-]=[N+]=NC(c1ccccc1)c1cccc(OCC2OCCO2)c1. The van der Waals surface area contributed by atoms with E-state index in [0.29, 0.717) is 25.6 Å². The highest BCUT2D eigenvalue weighted by atomic mass is 16.7. The molecule has 2 aromatic rings. The van der Waals surface area contributed by atoms with Gasteiger partial charge in [-0.15, -0.1) is 0 Å². The van der Waals surface area contributed by atoms with Crippen LogP contribution in [-0.2, 0) is 9.47 Å². The fraction of sp³-hybridized carbons (Fsp3) is 0.294.